The number of nitrogens with two attached hydrogens (primary N) is 1. The lowest BCUT2D eigenvalue weighted by Crippen LogP contribution is -2.45. The van der Waals surface area contributed by atoms with Gasteiger partial charge >= 0.3 is 12.1 Å². The van der Waals surface area contributed by atoms with E-state index in [0.29, 0.717) is 19.4 Å². The summed E-state index contributed by atoms with van der Waals surface area (Å²) in [6.45, 7) is 2.66. The lowest BCUT2D eigenvalue weighted by atomic mass is 10.1. The second-order valence-corrected chi connectivity index (χ2v) is 8.48. The summed E-state index contributed by atoms with van der Waals surface area (Å²) < 4.78 is 31.7. The first-order chi connectivity index (χ1) is 16.0. The number of carbonyl (C=O) groups excluding carboxylic acids is 2. The fraction of sp³-hybridized carbons (Fsp3) is 0.348. The van der Waals surface area contributed by atoms with Gasteiger partial charge in [-0.05, 0) is 35.9 Å². The maximum absolute atomic E-state index is 12.6. The quantitative estimate of drug-likeness (QED) is 0.508. The number of thiophene rings is 1. The van der Waals surface area contributed by atoms with Crippen LogP contribution in [0.5, 0.6) is 0 Å². The van der Waals surface area contributed by atoms with Crippen LogP contribution in [0, 0.1) is 0 Å². The number of hydrogen-bond donors (Lipinski definition) is 3. The molecule has 1 aliphatic rings. The van der Waals surface area contributed by atoms with Crippen LogP contribution in [-0.4, -0.2) is 47.7 Å². The average Bonchev–Trinajstić information content (AvgIpc) is 3.45. The zero-order valence-corrected chi connectivity index (χ0v) is 19.2. The van der Waals surface area contributed by atoms with E-state index < -0.39 is 18.2 Å². The molecular formula is C23H26F3N3O4S. The number of nitrogens with zero attached hydrogens (tertiary/aromatic N) is 1. The van der Waals surface area contributed by atoms with Crippen LogP contribution < -0.4 is 16.0 Å². The predicted molar refractivity (Wildman–Crippen MR) is 124 cm³/mol. The van der Waals surface area contributed by atoms with Crippen LogP contribution in [-0.2, 0) is 27.2 Å². The molecule has 0 radical (unpaired) electrons. The molecule has 184 valence electrons. The van der Waals surface area contributed by atoms with Gasteiger partial charge in [0.1, 0.15) is 0 Å². The van der Waals surface area contributed by atoms with Crippen molar-refractivity contribution in [2.75, 3.05) is 11.4 Å². The van der Waals surface area contributed by atoms with E-state index in [1.165, 1.54) is 5.56 Å². The third-order valence-electron chi connectivity index (χ3n) is 4.97. The minimum absolute atomic E-state index is 0.0597. The number of para-hydroxylation sites is 1. The van der Waals surface area contributed by atoms with Crippen molar-refractivity contribution in [3.63, 3.8) is 0 Å². The molecule has 0 saturated heterocycles. The highest BCUT2D eigenvalue weighted by atomic mass is 32.1. The number of aliphatic carboxylic acids is 1. The average molecular weight is 498 g/mol. The smallest absolute Gasteiger partial charge is 0.475 e. The molecular weight excluding hydrogens is 471 g/mol. The fourth-order valence-corrected chi connectivity index (χ4v) is 3.93. The summed E-state index contributed by atoms with van der Waals surface area (Å²) >= 11 is 1.59. The van der Waals surface area contributed by atoms with Crippen molar-refractivity contribution in [1.82, 2.24) is 5.32 Å². The molecule has 11 heteroatoms. The number of carbonyl (C=O) groups is 3. The second kappa shape index (κ2) is 12.3. The van der Waals surface area contributed by atoms with Crippen LogP contribution in [0.25, 0.3) is 0 Å². The van der Waals surface area contributed by atoms with Crippen molar-refractivity contribution in [3.8, 4) is 0 Å². The standard InChI is InChI=1S/C21H25N3O2S.C2HF3O2/c1-2-16(23-21(26)18(22)14-17-7-5-13-27-17)9-10-20(25)24-12-11-15-6-3-4-8-19(15)24;3-2(4,5)1(6)7/h3-10,13,16,18H,2,11-12,14,22H2,1H3,(H,23,26);(H,6,7)/b10-9+;/t16-,18-;/m0./s1. The number of alkyl halides is 3. The van der Waals surface area contributed by atoms with E-state index in [0.717, 1.165) is 17.0 Å². The van der Waals surface area contributed by atoms with Gasteiger partial charge in [-0.25, -0.2) is 4.79 Å². The molecule has 2 atom stereocenters. The Morgan fingerprint density at radius 2 is 1.91 bits per heavy atom. The molecule has 0 spiro atoms. The van der Waals surface area contributed by atoms with Crippen molar-refractivity contribution in [2.24, 2.45) is 5.73 Å². The predicted octanol–water partition coefficient (Wildman–Crippen LogP) is 3.29. The molecule has 4 N–H and O–H groups in total. The van der Waals surface area contributed by atoms with Gasteiger partial charge in [0.05, 0.1) is 6.04 Å². The number of amides is 2. The van der Waals surface area contributed by atoms with Gasteiger partial charge < -0.3 is 21.1 Å². The molecule has 3 rings (SSSR count). The number of anilines is 1. The molecule has 34 heavy (non-hydrogen) atoms. The highest BCUT2D eigenvalue weighted by Crippen LogP contribution is 2.27. The third kappa shape index (κ3) is 7.99. The summed E-state index contributed by atoms with van der Waals surface area (Å²) in [6.07, 6.45) is 0.326. The Morgan fingerprint density at radius 3 is 2.50 bits per heavy atom. The molecule has 0 fully saturated rings. The summed E-state index contributed by atoms with van der Waals surface area (Å²) in [5.74, 6) is -3.01. The van der Waals surface area contributed by atoms with Crippen LogP contribution in [0.15, 0.2) is 53.9 Å². The Kier molecular flexibility index (Phi) is 9.82. The second-order valence-electron chi connectivity index (χ2n) is 7.44. The van der Waals surface area contributed by atoms with Crippen LogP contribution in [0.4, 0.5) is 18.9 Å². The molecule has 2 aromatic rings. The van der Waals surface area contributed by atoms with Crippen LogP contribution in [0.3, 0.4) is 0 Å². The van der Waals surface area contributed by atoms with Crippen LogP contribution in [0.2, 0.25) is 0 Å². The van der Waals surface area contributed by atoms with Crippen molar-refractivity contribution in [2.45, 2.75) is 44.4 Å². The maximum atomic E-state index is 12.6. The molecule has 0 aliphatic carbocycles. The lowest BCUT2D eigenvalue weighted by molar-refractivity contribution is -0.192. The molecule has 2 heterocycles. The largest absolute Gasteiger partial charge is 0.490 e. The first-order valence-corrected chi connectivity index (χ1v) is 11.4. The molecule has 1 aliphatic heterocycles. The number of benzene rings is 1. The summed E-state index contributed by atoms with van der Waals surface area (Å²) in [6, 6.07) is 11.1. The summed E-state index contributed by atoms with van der Waals surface area (Å²) in [5, 5.41) is 12.0. The highest BCUT2D eigenvalue weighted by Gasteiger charge is 2.38. The Morgan fingerprint density at radius 1 is 1.24 bits per heavy atom. The topological polar surface area (TPSA) is 113 Å². The zero-order chi connectivity index (χ0) is 25.3. The van der Waals surface area contributed by atoms with Gasteiger partial charge in [0.15, 0.2) is 0 Å². The number of nitrogens with one attached hydrogen (secondary N) is 1. The summed E-state index contributed by atoms with van der Waals surface area (Å²) in [7, 11) is 0. The van der Waals surface area contributed by atoms with Gasteiger partial charge in [-0.2, -0.15) is 13.2 Å². The molecule has 1 aromatic carbocycles. The Balaban J connectivity index is 0.000000509. The first-order valence-electron chi connectivity index (χ1n) is 10.5. The third-order valence-corrected chi connectivity index (χ3v) is 5.87. The van der Waals surface area contributed by atoms with Gasteiger partial charge in [0.25, 0.3) is 5.91 Å². The van der Waals surface area contributed by atoms with Gasteiger partial charge in [-0.3, -0.25) is 9.59 Å². The van der Waals surface area contributed by atoms with E-state index in [1.807, 2.05) is 42.6 Å². The van der Waals surface area contributed by atoms with Crippen LogP contribution in [0.1, 0.15) is 23.8 Å². The Bertz CT molecular complexity index is 1010. The molecule has 7 nitrogen and oxygen atoms in total. The Hall–Kier alpha value is -3.18. The molecule has 0 unspecified atom stereocenters. The van der Waals surface area contributed by atoms with Gasteiger partial charge in [0, 0.05) is 35.6 Å². The van der Waals surface area contributed by atoms with E-state index in [9.17, 15) is 22.8 Å². The van der Waals surface area contributed by atoms with Gasteiger partial charge in [-0.1, -0.05) is 37.3 Å². The zero-order valence-electron chi connectivity index (χ0n) is 18.4. The van der Waals surface area contributed by atoms with Crippen molar-refractivity contribution in [3.05, 3.63) is 64.4 Å². The minimum atomic E-state index is -5.08. The lowest BCUT2D eigenvalue weighted by Gasteiger charge is -2.18. The molecule has 0 bridgehead atoms. The Labute approximate surface area is 199 Å². The SMILES string of the molecule is CC[C@@H](/C=C/C(=O)N1CCc2ccccc21)NC(=O)[C@@H](N)Cc1cccs1.O=C(O)C(F)(F)F. The van der Waals surface area contributed by atoms with Gasteiger partial charge in [0.2, 0.25) is 5.91 Å². The highest BCUT2D eigenvalue weighted by molar-refractivity contribution is 7.09. The number of fused-ring (bicyclic) bond motifs is 1. The number of carboxylic acids is 1. The fourth-order valence-electron chi connectivity index (χ4n) is 3.17. The van der Waals surface area contributed by atoms with E-state index in [-0.39, 0.29) is 17.9 Å². The monoisotopic (exact) mass is 497 g/mol. The first kappa shape index (κ1) is 27.1. The van der Waals surface area contributed by atoms with E-state index in [2.05, 4.69) is 11.4 Å². The summed E-state index contributed by atoms with van der Waals surface area (Å²) in [4.78, 5) is 36.7. The van der Waals surface area contributed by atoms with Crippen molar-refractivity contribution < 1.29 is 32.7 Å². The normalized spacial score (nSPS) is 14.7. The van der Waals surface area contributed by atoms with Crippen molar-refractivity contribution in [1.29, 1.82) is 0 Å². The number of hydrogen-bond acceptors (Lipinski definition) is 5. The van der Waals surface area contributed by atoms with Crippen LogP contribution >= 0.6 is 11.3 Å². The molecule has 2 amide bonds. The molecule has 0 saturated carbocycles. The maximum Gasteiger partial charge on any atom is 0.490 e. The van der Waals surface area contributed by atoms with Gasteiger partial charge in [-0.15, -0.1) is 11.3 Å². The van der Waals surface area contributed by atoms with Crippen molar-refractivity contribution >= 4 is 34.8 Å². The molecule has 1 aromatic heterocycles. The minimum Gasteiger partial charge on any atom is -0.475 e. The van der Waals surface area contributed by atoms with E-state index in [1.54, 1.807) is 28.4 Å². The van der Waals surface area contributed by atoms with E-state index >= 15 is 0 Å². The summed E-state index contributed by atoms with van der Waals surface area (Å²) in [5.41, 5.74) is 8.18. The number of carboxylic acid groups (broad SMARTS) is 1. The van der Waals surface area contributed by atoms with E-state index in [4.69, 9.17) is 15.6 Å². The number of halogens is 3. The number of rotatable bonds is 7.